The maximum Gasteiger partial charge on any atom is 0.121 e. The Morgan fingerprint density at radius 1 is 1.21 bits per heavy atom. The lowest BCUT2D eigenvalue weighted by Crippen LogP contribution is -2.24. The Hall–Kier alpha value is -1.54. The molecule has 0 radical (unpaired) electrons. The Balaban J connectivity index is 2.17. The smallest absolute Gasteiger partial charge is 0.121 e. The molecule has 102 valence electrons. The van der Waals surface area contributed by atoms with Crippen LogP contribution in [-0.4, -0.2) is 6.54 Å². The molecule has 1 heterocycles. The van der Waals surface area contributed by atoms with Crippen LogP contribution in [0.3, 0.4) is 0 Å². The zero-order valence-corrected chi connectivity index (χ0v) is 12.1. The Morgan fingerprint density at radius 2 is 2.05 bits per heavy atom. The summed E-state index contributed by atoms with van der Waals surface area (Å²) >= 11 is 0. The number of aryl methyl sites for hydroxylation is 2. The summed E-state index contributed by atoms with van der Waals surface area (Å²) in [5.74, 6) is 1.02. The topological polar surface area (TPSA) is 25.2 Å². The van der Waals surface area contributed by atoms with Crippen LogP contribution in [0, 0.1) is 13.8 Å². The molecule has 2 nitrogen and oxygen atoms in total. The van der Waals surface area contributed by atoms with Crippen LogP contribution in [0.4, 0.5) is 0 Å². The molecule has 1 N–H and O–H groups in total. The van der Waals surface area contributed by atoms with Gasteiger partial charge in [-0.25, -0.2) is 0 Å². The molecule has 0 amide bonds. The third kappa shape index (κ3) is 3.71. The standard InChI is InChI=1S/C17H23NO/c1-4-9-18-16(17-6-5-10-19-17)12-15-11-13(2)7-8-14(15)3/h5-8,10-11,16,18H,4,9,12H2,1-3H3. The van der Waals surface area contributed by atoms with Gasteiger partial charge in [0.25, 0.3) is 0 Å². The van der Waals surface area contributed by atoms with E-state index in [0.29, 0.717) is 0 Å². The van der Waals surface area contributed by atoms with Crippen molar-refractivity contribution in [2.24, 2.45) is 0 Å². The molecule has 2 rings (SSSR count). The van der Waals surface area contributed by atoms with Crippen molar-refractivity contribution < 1.29 is 4.42 Å². The molecule has 0 aliphatic carbocycles. The summed E-state index contributed by atoms with van der Waals surface area (Å²) in [4.78, 5) is 0. The molecule has 1 aromatic carbocycles. The molecule has 0 spiro atoms. The van der Waals surface area contributed by atoms with Gasteiger partial charge >= 0.3 is 0 Å². The molecule has 0 fully saturated rings. The Bertz CT molecular complexity index is 502. The predicted octanol–water partition coefficient (Wildman–Crippen LogP) is 4.18. The van der Waals surface area contributed by atoms with Crippen LogP contribution in [0.5, 0.6) is 0 Å². The maximum atomic E-state index is 5.57. The van der Waals surface area contributed by atoms with E-state index in [2.05, 4.69) is 50.4 Å². The van der Waals surface area contributed by atoms with E-state index in [1.54, 1.807) is 6.26 Å². The second kappa shape index (κ2) is 6.58. The second-order valence-corrected chi connectivity index (χ2v) is 5.16. The summed E-state index contributed by atoms with van der Waals surface area (Å²) in [5, 5.41) is 3.57. The third-order valence-corrected chi connectivity index (χ3v) is 3.46. The number of benzene rings is 1. The molecule has 2 heteroatoms. The maximum absolute atomic E-state index is 5.57. The molecule has 0 bridgehead atoms. The Kier molecular flexibility index (Phi) is 4.80. The third-order valence-electron chi connectivity index (χ3n) is 3.46. The predicted molar refractivity (Wildman–Crippen MR) is 79.4 cm³/mol. The molecular formula is C17H23NO. The number of rotatable bonds is 6. The molecule has 1 aromatic heterocycles. The van der Waals surface area contributed by atoms with Gasteiger partial charge in [0.15, 0.2) is 0 Å². The fraction of sp³-hybridized carbons (Fsp3) is 0.412. The molecule has 2 aromatic rings. The van der Waals surface area contributed by atoms with Crippen LogP contribution < -0.4 is 5.32 Å². The molecule has 0 aliphatic rings. The monoisotopic (exact) mass is 257 g/mol. The van der Waals surface area contributed by atoms with E-state index in [1.807, 2.05) is 6.07 Å². The average Bonchev–Trinajstić information content (AvgIpc) is 2.92. The van der Waals surface area contributed by atoms with Crippen molar-refractivity contribution in [2.45, 2.75) is 39.7 Å². The van der Waals surface area contributed by atoms with Crippen molar-refractivity contribution in [3.05, 3.63) is 59.0 Å². The van der Waals surface area contributed by atoms with E-state index in [9.17, 15) is 0 Å². The van der Waals surface area contributed by atoms with Gasteiger partial charge in [-0.15, -0.1) is 0 Å². The number of furan rings is 1. The highest BCUT2D eigenvalue weighted by Gasteiger charge is 2.15. The van der Waals surface area contributed by atoms with Crippen LogP contribution >= 0.6 is 0 Å². The van der Waals surface area contributed by atoms with Crippen molar-refractivity contribution in [3.63, 3.8) is 0 Å². The summed E-state index contributed by atoms with van der Waals surface area (Å²) in [6.45, 7) is 7.51. The van der Waals surface area contributed by atoms with Crippen molar-refractivity contribution in [2.75, 3.05) is 6.54 Å². The summed E-state index contributed by atoms with van der Waals surface area (Å²) in [7, 11) is 0. The molecule has 19 heavy (non-hydrogen) atoms. The largest absolute Gasteiger partial charge is 0.468 e. The summed E-state index contributed by atoms with van der Waals surface area (Å²) in [5.41, 5.74) is 4.06. The lowest BCUT2D eigenvalue weighted by atomic mass is 9.97. The van der Waals surface area contributed by atoms with E-state index < -0.39 is 0 Å². The molecule has 1 atom stereocenters. The van der Waals surface area contributed by atoms with Crippen LogP contribution in [0.15, 0.2) is 41.0 Å². The van der Waals surface area contributed by atoms with Crippen molar-refractivity contribution in [3.8, 4) is 0 Å². The van der Waals surface area contributed by atoms with Gasteiger partial charge in [-0.05, 0) is 56.5 Å². The van der Waals surface area contributed by atoms with Crippen LogP contribution in [-0.2, 0) is 6.42 Å². The lowest BCUT2D eigenvalue weighted by Gasteiger charge is -2.18. The SMILES string of the molecule is CCCNC(Cc1cc(C)ccc1C)c1ccco1. The number of nitrogens with one attached hydrogen (secondary N) is 1. The first-order chi connectivity index (χ1) is 9.20. The van der Waals surface area contributed by atoms with E-state index in [0.717, 1.165) is 25.1 Å². The van der Waals surface area contributed by atoms with E-state index in [1.165, 1.54) is 16.7 Å². The van der Waals surface area contributed by atoms with Gasteiger partial charge < -0.3 is 9.73 Å². The van der Waals surface area contributed by atoms with Gasteiger partial charge in [-0.2, -0.15) is 0 Å². The highest BCUT2D eigenvalue weighted by Crippen LogP contribution is 2.22. The van der Waals surface area contributed by atoms with Gasteiger partial charge in [0.2, 0.25) is 0 Å². The summed E-state index contributed by atoms with van der Waals surface area (Å²) in [6.07, 6.45) is 3.85. The highest BCUT2D eigenvalue weighted by molar-refractivity contribution is 5.31. The summed E-state index contributed by atoms with van der Waals surface area (Å²) < 4.78 is 5.57. The van der Waals surface area contributed by atoms with E-state index in [4.69, 9.17) is 4.42 Å². The first kappa shape index (κ1) is 13.9. The number of hydrogen-bond donors (Lipinski definition) is 1. The van der Waals surface area contributed by atoms with E-state index >= 15 is 0 Å². The second-order valence-electron chi connectivity index (χ2n) is 5.16. The van der Waals surface area contributed by atoms with E-state index in [-0.39, 0.29) is 6.04 Å². The molecule has 0 saturated heterocycles. The lowest BCUT2D eigenvalue weighted by molar-refractivity contribution is 0.410. The minimum atomic E-state index is 0.260. The van der Waals surface area contributed by atoms with Crippen LogP contribution in [0.1, 0.15) is 41.8 Å². The van der Waals surface area contributed by atoms with Gasteiger partial charge in [0.05, 0.1) is 12.3 Å². The van der Waals surface area contributed by atoms with Gasteiger partial charge in [0.1, 0.15) is 5.76 Å². The fourth-order valence-corrected chi connectivity index (χ4v) is 2.32. The Morgan fingerprint density at radius 3 is 2.74 bits per heavy atom. The molecule has 0 saturated carbocycles. The molecule has 0 aliphatic heterocycles. The van der Waals surface area contributed by atoms with Gasteiger partial charge in [-0.1, -0.05) is 30.7 Å². The van der Waals surface area contributed by atoms with Crippen LogP contribution in [0.25, 0.3) is 0 Å². The van der Waals surface area contributed by atoms with Gasteiger partial charge in [-0.3, -0.25) is 0 Å². The zero-order chi connectivity index (χ0) is 13.7. The van der Waals surface area contributed by atoms with Crippen LogP contribution in [0.2, 0.25) is 0 Å². The minimum Gasteiger partial charge on any atom is -0.468 e. The molecular weight excluding hydrogens is 234 g/mol. The fourth-order valence-electron chi connectivity index (χ4n) is 2.32. The average molecular weight is 257 g/mol. The zero-order valence-electron chi connectivity index (χ0n) is 12.1. The minimum absolute atomic E-state index is 0.260. The van der Waals surface area contributed by atoms with Crippen molar-refractivity contribution in [1.82, 2.24) is 5.32 Å². The quantitative estimate of drug-likeness (QED) is 0.839. The normalized spacial score (nSPS) is 12.6. The van der Waals surface area contributed by atoms with Crippen molar-refractivity contribution >= 4 is 0 Å². The summed E-state index contributed by atoms with van der Waals surface area (Å²) in [6, 6.07) is 10.9. The first-order valence-electron chi connectivity index (χ1n) is 7.03. The Labute approximate surface area is 115 Å². The highest BCUT2D eigenvalue weighted by atomic mass is 16.3. The van der Waals surface area contributed by atoms with Crippen molar-refractivity contribution in [1.29, 1.82) is 0 Å². The van der Waals surface area contributed by atoms with Gasteiger partial charge in [0, 0.05) is 0 Å². The number of hydrogen-bond acceptors (Lipinski definition) is 2. The molecule has 1 unspecified atom stereocenters. The first-order valence-corrected chi connectivity index (χ1v) is 7.03.